The van der Waals surface area contributed by atoms with Gasteiger partial charge in [0.15, 0.2) is 6.10 Å². The molecule has 5 N–H and O–H groups in total. The molecule has 61 heavy (non-hydrogen) atoms. The zero-order chi connectivity index (χ0) is 45.1. The van der Waals surface area contributed by atoms with Gasteiger partial charge in [0.1, 0.15) is 12.6 Å². The fourth-order valence-electron chi connectivity index (χ4n) is 5.88. The van der Waals surface area contributed by atoms with Crippen LogP contribution in [0.1, 0.15) is 174 Å². The molecule has 0 aliphatic carbocycles. The van der Waals surface area contributed by atoms with E-state index in [9.17, 15) is 28.9 Å². The van der Waals surface area contributed by atoms with E-state index in [1.807, 2.05) is 42.5 Å². The highest BCUT2D eigenvalue weighted by atomic mass is 31.2. The molecule has 0 aromatic rings. The maximum atomic E-state index is 12.6. The number of carboxylic acids is 1. The molecule has 350 valence electrons. The Bertz CT molecular complexity index is 1330. The molecule has 0 saturated carbocycles. The van der Waals surface area contributed by atoms with Crippen molar-refractivity contribution in [1.82, 2.24) is 0 Å². The molecule has 0 bridgehead atoms. The van der Waals surface area contributed by atoms with E-state index in [0.717, 1.165) is 32.1 Å². The van der Waals surface area contributed by atoms with Crippen LogP contribution in [0.3, 0.4) is 0 Å². The number of ether oxygens (including phenoxy) is 2. The molecule has 12 nitrogen and oxygen atoms in total. The number of carbonyl (C=O) groups excluding carboxylic acids is 2. The van der Waals surface area contributed by atoms with Crippen LogP contribution >= 0.6 is 7.82 Å². The summed E-state index contributed by atoms with van der Waals surface area (Å²) in [5.74, 6) is -2.51. The Balaban J connectivity index is 4.47. The van der Waals surface area contributed by atoms with Crippen LogP contribution in [0.4, 0.5) is 0 Å². The summed E-state index contributed by atoms with van der Waals surface area (Å²) in [6.07, 6.45) is 47.2. The highest BCUT2D eigenvalue weighted by Crippen LogP contribution is 2.43. The van der Waals surface area contributed by atoms with Gasteiger partial charge < -0.3 is 30.3 Å². The lowest BCUT2D eigenvalue weighted by Crippen LogP contribution is -2.34. The maximum absolute atomic E-state index is 12.6. The van der Waals surface area contributed by atoms with E-state index in [1.54, 1.807) is 6.08 Å². The van der Waals surface area contributed by atoms with E-state index in [-0.39, 0.29) is 19.4 Å². The van der Waals surface area contributed by atoms with Gasteiger partial charge in [-0.3, -0.25) is 23.4 Å². The summed E-state index contributed by atoms with van der Waals surface area (Å²) in [5.41, 5.74) is 5.33. The Morgan fingerprint density at radius 1 is 0.607 bits per heavy atom. The highest BCUT2D eigenvalue weighted by Gasteiger charge is 2.28. The molecule has 13 heteroatoms. The zero-order valence-corrected chi connectivity index (χ0v) is 38.5. The summed E-state index contributed by atoms with van der Waals surface area (Å²) in [4.78, 5) is 46.0. The van der Waals surface area contributed by atoms with Crippen LogP contribution in [0, 0.1) is 0 Å². The molecule has 0 radical (unpaired) electrons. The van der Waals surface area contributed by atoms with Crippen LogP contribution in [-0.2, 0) is 37.5 Å². The lowest BCUT2D eigenvalue weighted by atomic mass is 10.1. The van der Waals surface area contributed by atoms with Crippen molar-refractivity contribution in [2.45, 2.75) is 193 Å². The van der Waals surface area contributed by atoms with Gasteiger partial charge in [-0.05, 0) is 70.6 Å². The lowest BCUT2D eigenvalue weighted by Gasteiger charge is -2.20. The van der Waals surface area contributed by atoms with Crippen molar-refractivity contribution in [2.75, 3.05) is 19.8 Å². The Morgan fingerprint density at radius 2 is 1.13 bits per heavy atom. The number of carboxylic acid groups (broad SMARTS) is 1. The molecule has 0 rings (SSSR count). The van der Waals surface area contributed by atoms with Crippen LogP contribution in [0.25, 0.3) is 0 Å². The topological polar surface area (TPSA) is 192 Å². The second-order valence-electron chi connectivity index (χ2n) is 15.4. The Hall–Kier alpha value is -3.12. The van der Waals surface area contributed by atoms with Crippen molar-refractivity contribution in [1.29, 1.82) is 0 Å². The van der Waals surface area contributed by atoms with Crippen molar-refractivity contribution < 1.29 is 52.6 Å². The molecule has 4 atom stereocenters. The number of esters is 2. The number of carbonyl (C=O) groups is 3. The summed E-state index contributed by atoms with van der Waals surface area (Å²) in [6, 6.07) is -1.54. The first-order chi connectivity index (χ1) is 29.5. The Morgan fingerprint density at radius 3 is 1.77 bits per heavy atom. The minimum atomic E-state index is -4.75. The zero-order valence-electron chi connectivity index (χ0n) is 37.6. The molecule has 0 saturated heterocycles. The second-order valence-corrected chi connectivity index (χ2v) is 16.8. The molecule has 0 fully saturated rings. The van der Waals surface area contributed by atoms with Crippen LogP contribution in [0.15, 0.2) is 72.9 Å². The van der Waals surface area contributed by atoms with Crippen molar-refractivity contribution in [3.05, 3.63) is 72.9 Å². The lowest BCUT2D eigenvalue weighted by molar-refractivity contribution is -0.161. The molecular weight excluding hydrogens is 797 g/mol. The van der Waals surface area contributed by atoms with E-state index >= 15 is 0 Å². The number of unbranched alkanes of at least 4 members (excludes halogenated alkanes) is 16. The fraction of sp³-hybridized carbons (Fsp3) is 0.688. The molecular formula is C48H82NO11P. The molecule has 0 aliphatic heterocycles. The smallest absolute Gasteiger partial charge is 0.472 e. The standard InChI is InChI=1S/C48H82NO11P/c1-3-5-7-9-11-12-13-14-15-16-17-18-19-20-21-22-26-30-34-38-46(51)57-40-44(41-58-61(55,56)59-42-45(49)48(53)54)60-47(52)39-35-31-27-24-23-25-29-33-37-43(50)36-32-28-10-8-6-4-2/h6,8,14-15,24-25,27-29,32-33,37,43-45,50H,3-5,7,9-13,16-23,26,30-31,34-36,38-42,49H2,1-2H3,(H,53,54)(H,55,56)/b8-6-,15-14-,27-24-,29-25-,32-28-,37-33+/t43?,44-,45+/m1/s1. The number of hydrogen-bond acceptors (Lipinski definition) is 10. The first-order valence-electron chi connectivity index (χ1n) is 23.1. The third-order valence-electron chi connectivity index (χ3n) is 9.52. The van der Waals surface area contributed by atoms with Gasteiger partial charge in [0.2, 0.25) is 0 Å². The number of aliphatic hydroxyl groups is 1. The summed E-state index contributed by atoms with van der Waals surface area (Å²) in [5, 5.41) is 18.9. The molecule has 0 aromatic heterocycles. The van der Waals surface area contributed by atoms with Crippen LogP contribution in [-0.4, -0.2) is 71.1 Å². The van der Waals surface area contributed by atoms with Gasteiger partial charge in [-0.1, -0.05) is 164 Å². The van der Waals surface area contributed by atoms with Gasteiger partial charge >= 0.3 is 25.7 Å². The molecule has 0 aromatic carbocycles. The Labute approximate surface area is 368 Å². The maximum Gasteiger partial charge on any atom is 0.472 e. The van der Waals surface area contributed by atoms with Crippen LogP contribution in [0.5, 0.6) is 0 Å². The monoisotopic (exact) mass is 880 g/mol. The summed E-state index contributed by atoms with van der Waals surface area (Å²) in [7, 11) is -4.75. The van der Waals surface area contributed by atoms with E-state index in [4.69, 9.17) is 24.8 Å². The summed E-state index contributed by atoms with van der Waals surface area (Å²) < 4.78 is 32.6. The number of aliphatic carboxylic acids is 1. The predicted molar refractivity (Wildman–Crippen MR) is 246 cm³/mol. The average Bonchev–Trinajstić information content (AvgIpc) is 3.23. The largest absolute Gasteiger partial charge is 0.480 e. The van der Waals surface area contributed by atoms with Crippen molar-refractivity contribution in [3.63, 3.8) is 0 Å². The Kier molecular flexibility index (Phi) is 40.0. The van der Waals surface area contributed by atoms with Gasteiger partial charge in [0.05, 0.1) is 19.3 Å². The third-order valence-corrected chi connectivity index (χ3v) is 10.5. The van der Waals surface area contributed by atoms with Gasteiger partial charge in [-0.15, -0.1) is 0 Å². The van der Waals surface area contributed by atoms with Crippen LogP contribution in [0.2, 0.25) is 0 Å². The predicted octanol–water partition coefficient (Wildman–Crippen LogP) is 11.5. The summed E-state index contributed by atoms with van der Waals surface area (Å²) in [6.45, 7) is 2.54. The van der Waals surface area contributed by atoms with E-state index < -0.39 is 57.2 Å². The van der Waals surface area contributed by atoms with Crippen LogP contribution < -0.4 is 5.73 Å². The molecule has 0 spiro atoms. The molecule has 2 unspecified atom stereocenters. The number of rotatable bonds is 42. The average molecular weight is 880 g/mol. The minimum Gasteiger partial charge on any atom is -0.480 e. The number of allylic oxidation sites excluding steroid dienone is 10. The second kappa shape index (κ2) is 42.2. The van der Waals surface area contributed by atoms with Gasteiger partial charge in [-0.2, -0.15) is 0 Å². The van der Waals surface area contributed by atoms with E-state index in [2.05, 4.69) is 42.7 Å². The fourth-order valence-corrected chi connectivity index (χ4v) is 6.66. The number of phosphoric acid groups is 1. The molecule has 0 aliphatic rings. The number of phosphoric ester groups is 1. The first-order valence-corrected chi connectivity index (χ1v) is 24.6. The van der Waals surface area contributed by atoms with E-state index in [0.29, 0.717) is 32.1 Å². The van der Waals surface area contributed by atoms with Gasteiger partial charge in [0.25, 0.3) is 0 Å². The number of nitrogens with two attached hydrogens (primary N) is 1. The summed E-state index contributed by atoms with van der Waals surface area (Å²) >= 11 is 0. The van der Waals surface area contributed by atoms with Crippen molar-refractivity contribution >= 4 is 25.7 Å². The van der Waals surface area contributed by atoms with Gasteiger partial charge in [-0.25, -0.2) is 4.57 Å². The highest BCUT2D eigenvalue weighted by molar-refractivity contribution is 7.47. The molecule has 0 amide bonds. The third kappa shape index (κ3) is 42.0. The van der Waals surface area contributed by atoms with E-state index in [1.165, 1.54) is 83.5 Å². The number of aliphatic hydroxyl groups excluding tert-OH is 1. The van der Waals surface area contributed by atoms with Crippen molar-refractivity contribution in [2.24, 2.45) is 5.73 Å². The molecule has 0 heterocycles. The SMILES string of the molecule is CC/C=C\C/C=C\CC(O)/C=C/C=C\C/C=C\CCCC(=O)O[C@H](COC(=O)CCCCCCCCCCC/C=C\CCCCCCCC)COP(=O)(O)OC[C@H](N)C(=O)O. The minimum absolute atomic E-state index is 0.0477. The first kappa shape index (κ1) is 57.9. The normalized spacial score (nSPS) is 14.8. The van der Waals surface area contributed by atoms with Gasteiger partial charge in [0, 0.05) is 12.8 Å². The quantitative estimate of drug-likeness (QED) is 0.0149. The number of hydrogen-bond donors (Lipinski definition) is 4. The van der Waals surface area contributed by atoms with Crippen molar-refractivity contribution in [3.8, 4) is 0 Å².